The van der Waals surface area contributed by atoms with Crippen molar-refractivity contribution < 1.29 is 13.9 Å². The molecule has 2 nitrogen and oxygen atoms in total. The lowest BCUT2D eigenvalue weighted by molar-refractivity contribution is 0.220. The Hall–Kier alpha value is -1.46. The van der Waals surface area contributed by atoms with Crippen molar-refractivity contribution in [1.29, 1.82) is 0 Å². The minimum Gasteiger partial charge on any atom is -0.394 e. The molecule has 2 rings (SSSR count). The summed E-state index contributed by atoms with van der Waals surface area (Å²) in [6.07, 6.45) is 0. The quantitative estimate of drug-likeness (QED) is 0.879. The Labute approximate surface area is 124 Å². The predicted octanol–water partition coefficient (Wildman–Crippen LogP) is 4.05. The van der Waals surface area contributed by atoms with Crippen LogP contribution in [0.25, 0.3) is 0 Å². The number of anilines is 1. The van der Waals surface area contributed by atoms with Gasteiger partial charge in [0.25, 0.3) is 0 Å². The number of benzene rings is 2. The minimum atomic E-state index is -1.05. The maximum Gasteiger partial charge on any atom is 0.128 e. The fourth-order valence-corrected chi connectivity index (χ4v) is 2.36. The third kappa shape index (κ3) is 3.16. The van der Waals surface area contributed by atoms with Crippen molar-refractivity contribution in [1.82, 2.24) is 0 Å². The maximum atomic E-state index is 14.0. The summed E-state index contributed by atoms with van der Waals surface area (Å²) >= 11 is 3.28. The van der Waals surface area contributed by atoms with Gasteiger partial charge in [-0.15, -0.1) is 0 Å². The molecular weight excluding hydrogens is 328 g/mol. The fourth-order valence-electron chi connectivity index (χ4n) is 2.00. The van der Waals surface area contributed by atoms with Crippen LogP contribution in [-0.2, 0) is 5.54 Å². The van der Waals surface area contributed by atoms with Crippen molar-refractivity contribution in [3.05, 3.63) is 64.1 Å². The second kappa shape index (κ2) is 5.89. The van der Waals surface area contributed by atoms with E-state index in [0.29, 0.717) is 15.7 Å². The average molecular weight is 342 g/mol. The fraction of sp³-hybridized carbons (Fsp3) is 0.200. The SMILES string of the molecule is CC(CO)(Nc1cccc(F)c1)c1cc(Br)ccc1F. The second-order valence-electron chi connectivity index (χ2n) is 4.75. The molecule has 0 amide bonds. The minimum absolute atomic E-state index is 0.304. The van der Waals surface area contributed by atoms with Crippen LogP contribution in [0.4, 0.5) is 14.5 Å². The zero-order chi connectivity index (χ0) is 14.8. The van der Waals surface area contributed by atoms with Crippen LogP contribution in [0, 0.1) is 11.6 Å². The lowest BCUT2D eigenvalue weighted by Crippen LogP contribution is -2.36. The first-order valence-electron chi connectivity index (χ1n) is 6.05. The highest BCUT2D eigenvalue weighted by Crippen LogP contribution is 2.30. The van der Waals surface area contributed by atoms with Crippen molar-refractivity contribution in [2.24, 2.45) is 0 Å². The highest BCUT2D eigenvalue weighted by atomic mass is 79.9. The molecular formula is C15H14BrF2NO. The Morgan fingerprint density at radius 3 is 2.60 bits per heavy atom. The molecule has 0 saturated carbocycles. The molecule has 0 aromatic heterocycles. The van der Waals surface area contributed by atoms with Crippen LogP contribution in [0.15, 0.2) is 46.9 Å². The summed E-state index contributed by atoms with van der Waals surface area (Å²) in [7, 11) is 0. The van der Waals surface area contributed by atoms with Gasteiger partial charge >= 0.3 is 0 Å². The van der Waals surface area contributed by atoms with Crippen molar-refractivity contribution >= 4 is 21.6 Å². The Morgan fingerprint density at radius 2 is 1.95 bits per heavy atom. The summed E-state index contributed by atoms with van der Waals surface area (Å²) < 4.78 is 27.9. The number of aliphatic hydroxyl groups excluding tert-OH is 1. The smallest absolute Gasteiger partial charge is 0.128 e. The normalized spacial score (nSPS) is 13.8. The molecule has 0 heterocycles. The molecule has 2 aromatic rings. The van der Waals surface area contributed by atoms with Crippen LogP contribution < -0.4 is 5.32 Å². The first-order valence-corrected chi connectivity index (χ1v) is 6.84. The standard InChI is InChI=1S/C15H14BrF2NO/c1-15(9-20,13-7-10(16)5-6-14(13)18)19-12-4-2-3-11(17)8-12/h2-8,19-20H,9H2,1H3. The van der Waals surface area contributed by atoms with Crippen LogP contribution in [0.5, 0.6) is 0 Å². The zero-order valence-corrected chi connectivity index (χ0v) is 12.4. The number of nitrogens with one attached hydrogen (secondary N) is 1. The largest absolute Gasteiger partial charge is 0.394 e. The van der Waals surface area contributed by atoms with E-state index in [1.54, 1.807) is 31.2 Å². The van der Waals surface area contributed by atoms with Gasteiger partial charge in [0.2, 0.25) is 0 Å². The van der Waals surface area contributed by atoms with E-state index in [0.717, 1.165) is 0 Å². The molecule has 106 valence electrons. The highest BCUT2D eigenvalue weighted by Gasteiger charge is 2.29. The van der Waals surface area contributed by atoms with E-state index in [1.165, 1.54) is 18.2 Å². The molecule has 2 aromatic carbocycles. The van der Waals surface area contributed by atoms with Crippen LogP contribution in [-0.4, -0.2) is 11.7 Å². The van der Waals surface area contributed by atoms with Gasteiger partial charge in [0.05, 0.1) is 12.1 Å². The predicted molar refractivity (Wildman–Crippen MR) is 78.6 cm³/mol. The van der Waals surface area contributed by atoms with E-state index >= 15 is 0 Å². The van der Waals surface area contributed by atoms with E-state index in [4.69, 9.17) is 0 Å². The Morgan fingerprint density at radius 1 is 1.20 bits per heavy atom. The van der Waals surface area contributed by atoms with Gasteiger partial charge in [-0.05, 0) is 43.3 Å². The summed E-state index contributed by atoms with van der Waals surface area (Å²) in [5.41, 5.74) is -0.277. The van der Waals surface area contributed by atoms with Crippen LogP contribution in [0.2, 0.25) is 0 Å². The van der Waals surface area contributed by atoms with Crippen molar-refractivity contribution in [3.63, 3.8) is 0 Å². The molecule has 0 aliphatic heterocycles. The van der Waals surface area contributed by atoms with E-state index in [2.05, 4.69) is 21.2 Å². The van der Waals surface area contributed by atoms with Gasteiger partial charge in [-0.3, -0.25) is 0 Å². The first-order chi connectivity index (χ1) is 9.44. The van der Waals surface area contributed by atoms with E-state index in [1.807, 2.05) is 0 Å². The summed E-state index contributed by atoms with van der Waals surface area (Å²) in [5.74, 6) is -0.835. The molecule has 0 bridgehead atoms. The van der Waals surface area contributed by atoms with Crippen LogP contribution in [0.1, 0.15) is 12.5 Å². The number of hydrogen-bond acceptors (Lipinski definition) is 2. The van der Waals surface area contributed by atoms with Gasteiger partial charge in [0.15, 0.2) is 0 Å². The van der Waals surface area contributed by atoms with Crippen molar-refractivity contribution in [2.45, 2.75) is 12.5 Å². The van der Waals surface area contributed by atoms with Crippen LogP contribution in [0.3, 0.4) is 0 Å². The summed E-state index contributed by atoms with van der Waals surface area (Å²) in [6, 6.07) is 10.3. The van der Waals surface area contributed by atoms with Gasteiger partial charge in [-0.25, -0.2) is 8.78 Å². The van der Waals surface area contributed by atoms with Gasteiger partial charge < -0.3 is 10.4 Å². The molecule has 0 spiro atoms. The van der Waals surface area contributed by atoms with Crippen molar-refractivity contribution in [3.8, 4) is 0 Å². The molecule has 0 aliphatic carbocycles. The molecule has 5 heteroatoms. The Kier molecular flexibility index (Phi) is 4.40. The molecule has 1 unspecified atom stereocenters. The molecule has 0 radical (unpaired) electrons. The lowest BCUT2D eigenvalue weighted by atomic mass is 9.92. The molecule has 0 aliphatic rings. The third-order valence-electron chi connectivity index (χ3n) is 3.08. The summed E-state index contributed by atoms with van der Waals surface area (Å²) in [4.78, 5) is 0. The number of aliphatic hydroxyl groups is 1. The highest BCUT2D eigenvalue weighted by molar-refractivity contribution is 9.10. The second-order valence-corrected chi connectivity index (χ2v) is 5.67. The van der Waals surface area contributed by atoms with E-state index < -0.39 is 17.2 Å². The van der Waals surface area contributed by atoms with Gasteiger partial charge in [-0.2, -0.15) is 0 Å². The molecule has 0 saturated heterocycles. The first kappa shape index (κ1) is 14.9. The molecule has 2 N–H and O–H groups in total. The lowest BCUT2D eigenvalue weighted by Gasteiger charge is -2.31. The molecule has 1 atom stereocenters. The summed E-state index contributed by atoms with van der Waals surface area (Å²) in [5, 5.41) is 12.6. The molecule has 20 heavy (non-hydrogen) atoms. The molecule has 0 fully saturated rings. The average Bonchev–Trinajstić information content (AvgIpc) is 2.41. The number of halogens is 3. The number of hydrogen-bond donors (Lipinski definition) is 2. The van der Waals surface area contributed by atoms with Crippen molar-refractivity contribution in [2.75, 3.05) is 11.9 Å². The Bertz CT molecular complexity index is 621. The summed E-state index contributed by atoms with van der Waals surface area (Å²) in [6.45, 7) is 1.32. The number of rotatable bonds is 4. The van der Waals surface area contributed by atoms with Gasteiger partial charge in [0.1, 0.15) is 11.6 Å². The van der Waals surface area contributed by atoms with E-state index in [9.17, 15) is 13.9 Å². The monoisotopic (exact) mass is 341 g/mol. The van der Waals surface area contributed by atoms with Gasteiger partial charge in [0, 0.05) is 15.7 Å². The van der Waals surface area contributed by atoms with Gasteiger partial charge in [-0.1, -0.05) is 22.0 Å². The third-order valence-corrected chi connectivity index (χ3v) is 3.58. The maximum absolute atomic E-state index is 14.0. The van der Waals surface area contributed by atoms with E-state index in [-0.39, 0.29) is 6.61 Å². The van der Waals surface area contributed by atoms with Crippen LogP contribution >= 0.6 is 15.9 Å². The Balaban J connectivity index is 2.40. The topological polar surface area (TPSA) is 32.3 Å². The zero-order valence-electron chi connectivity index (χ0n) is 10.8.